The van der Waals surface area contributed by atoms with Crippen LogP contribution in [0, 0.1) is 0 Å². The third-order valence-corrected chi connectivity index (χ3v) is 5.19. The highest BCUT2D eigenvalue weighted by Gasteiger charge is 2.27. The van der Waals surface area contributed by atoms with Crippen LogP contribution in [0.4, 0.5) is 0 Å². The molecule has 0 radical (unpaired) electrons. The number of fused-ring (bicyclic) bond motifs is 1. The minimum absolute atomic E-state index is 0.0116. The molecule has 1 unspecified atom stereocenters. The van der Waals surface area contributed by atoms with E-state index in [2.05, 4.69) is 0 Å². The van der Waals surface area contributed by atoms with Crippen LogP contribution in [0.2, 0.25) is 0 Å². The maximum Gasteiger partial charge on any atom is 0.338 e. The van der Waals surface area contributed by atoms with E-state index < -0.39 is 29.3 Å². The van der Waals surface area contributed by atoms with Gasteiger partial charge in [0.05, 0.1) is 26.9 Å². The average molecular weight is 502 g/mol. The number of para-hydroxylation sites is 1. The van der Waals surface area contributed by atoms with E-state index in [0.717, 1.165) is 18.2 Å². The van der Waals surface area contributed by atoms with Gasteiger partial charge >= 0.3 is 5.97 Å². The number of hydrogen-bond acceptors (Lipinski definition) is 11. The molecular formula is C25H26O11. The maximum absolute atomic E-state index is 12.1. The largest absolute Gasteiger partial charge is 0.508 e. The van der Waals surface area contributed by atoms with Crippen LogP contribution in [-0.2, 0) is 11.2 Å². The minimum Gasteiger partial charge on any atom is -0.508 e. The van der Waals surface area contributed by atoms with Crippen LogP contribution in [0.1, 0.15) is 15.9 Å². The van der Waals surface area contributed by atoms with Crippen LogP contribution in [0.25, 0.3) is 0 Å². The molecule has 1 aliphatic heterocycles. The van der Waals surface area contributed by atoms with Gasteiger partial charge in [0.25, 0.3) is 0 Å². The van der Waals surface area contributed by atoms with Crippen molar-refractivity contribution in [2.24, 2.45) is 0 Å². The monoisotopic (exact) mass is 502 g/mol. The Morgan fingerprint density at radius 1 is 0.861 bits per heavy atom. The Morgan fingerprint density at radius 3 is 2.03 bits per heavy atom. The molecule has 0 saturated carbocycles. The van der Waals surface area contributed by atoms with Gasteiger partial charge in [-0.2, -0.15) is 0 Å². The van der Waals surface area contributed by atoms with Gasteiger partial charge in [-0.05, 0) is 24.3 Å². The SMILES string of the molecule is COc1cccc(OC)c1OC.O=C(OC1COc2cc(O)cc(O)c2C1)c1cc(O)c(O)c(O)c1. The molecule has 3 aromatic carbocycles. The molecule has 3 aromatic rings. The number of methoxy groups -OCH3 is 3. The number of phenols is 5. The number of carbonyl (C=O) groups is 1. The van der Waals surface area contributed by atoms with Gasteiger partial charge in [0.1, 0.15) is 30.0 Å². The molecule has 1 heterocycles. The molecule has 0 spiro atoms. The second-order valence-corrected chi connectivity index (χ2v) is 7.54. The second kappa shape index (κ2) is 11.2. The first-order valence-corrected chi connectivity index (χ1v) is 10.6. The smallest absolute Gasteiger partial charge is 0.338 e. The predicted octanol–water partition coefficient (Wildman–Crippen LogP) is 3.09. The van der Waals surface area contributed by atoms with Gasteiger partial charge in [-0.3, -0.25) is 0 Å². The summed E-state index contributed by atoms with van der Waals surface area (Å²) in [5.41, 5.74) is 0.247. The van der Waals surface area contributed by atoms with E-state index >= 15 is 0 Å². The molecule has 1 atom stereocenters. The van der Waals surface area contributed by atoms with E-state index in [9.17, 15) is 30.3 Å². The van der Waals surface area contributed by atoms with Crippen molar-refractivity contribution in [2.75, 3.05) is 27.9 Å². The van der Waals surface area contributed by atoms with E-state index in [1.54, 1.807) is 21.3 Å². The fraction of sp³-hybridized carbons (Fsp3) is 0.240. The predicted molar refractivity (Wildman–Crippen MR) is 126 cm³/mol. The van der Waals surface area contributed by atoms with Gasteiger partial charge in [-0.1, -0.05) is 6.07 Å². The number of benzene rings is 3. The zero-order chi connectivity index (χ0) is 26.4. The topological polar surface area (TPSA) is 164 Å². The quantitative estimate of drug-likeness (QED) is 0.257. The zero-order valence-electron chi connectivity index (χ0n) is 19.7. The lowest BCUT2D eigenvalue weighted by molar-refractivity contribution is 0.0127. The average Bonchev–Trinajstić information content (AvgIpc) is 2.86. The lowest BCUT2D eigenvalue weighted by Crippen LogP contribution is -2.31. The number of hydrogen-bond donors (Lipinski definition) is 5. The van der Waals surface area contributed by atoms with Crippen molar-refractivity contribution in [2.45, 2.75) is 12.5 Å². The van der Waals surface area contributed by atoms with Gasteiger partial charge < -0.3 is 49.2 Å². The fourth-order valence-electron chi connectivity index (χ4n) is 3.46. The summed E-state index contributed by atoms with van der Waals surface area (Å²) >= 11 is 0. The van der Waals surface area contributed by atoms with Crippen molar-refractivity contribution in [3.63, 3.8) is 0 Å². The van der Waals surface area contributed by atoms with Gasteiger partial charge in [0.15, 0.2) is 28.7 Å². The maximum atomic E-state index is 12.1. The van der Waals surface area contributed by atoms with Crippen molar-refractivity contribution in [1.82, 2.24) is 0 Å². The van der Waals surface area contributed by atoms with Crippen LogP contribution in [0.3, 0.4) is 0 Å². The van der Waals surface area contributed by atoms with Crippen molar-refractivity contribution in [3.8, 4) is 51.7 Å². The highest BCUT2D eigenvalue weighted by molar-refractivity contribution is 5.91. The van der Waals surface area contributed by atoms with Gasteiger partial charge in [0, 0.05) is 24.1 Å². The highest BCUT2D eigenvalue weighted by Crippen LogP contribution is 2.38. The summed E-state index contributed by atoms with van der Waals surface area (Å²) in [6, 6.07) is 9.92. The summed E-state index contributed by atoms with van der Waals surface area (Å²) in [5, 5.41) is 47.4. The molecule has 1 aliphatic rings. The zero-order valence-corrected chi connectivity index (χ0v) is 19.7. The Labute approximate surface area is 206 Å². The first-order chi connectivity index (χ1) is 17.2. The lowest BCUT2D eigenvalue weighted by atomic mass is 10.0. The minimum atomic E-state index is -0.837. The first-order valence-electron chi connectivity index (χ1n) is 10.6. The van der Waals surface area contributed by atoms with Crippen molar-refractivity contribution in [1.29, 1.82) is 0 Å². The molecule has 0 aliphatic carbocycles. The van der Waals surface area contributed by atoms with E-state index in [0.29, 0.717) is 28.6 Å². The third kappa shape index (κ3) is 5.69. The Hall–Kier alpha value is -4.67. The number of ether oxygens (including phenoxy) is 5. The molecule has 0 aromatic heterocycles. The Bertz CT molecular complexity index is 1190. The molecular weight excluding hydrogens is 476 g/mol. The molecule has 11 heteroatoms. The molecule has 0 amide bonds. The van der Waals surface area contributed by atoms with E-state index in [1.807, 2.05) is 18.2 Å². The molecule has 0 bridgehead atoms. The second-order valence-electron chi connectivity index (χ2n) is 7.54. The van der Waals surface area contributed by atoms with Gasteiger partial charge in [-0.25, -0.2) is 4.79 Å². The molecule has 11 nitrogen and oxygen atoms in total. The molecule has 4 rings (SSSR count). The number of rotatable bonds is 5. The summed E-state index contributed by atoms with van der Waals surface area (Å²) in [7, 11) is 4.77. The summed E-state index contributed by atoms with van der Waals surface area (Å²) < 4.78 is 25.8. The highest BCUT2D eigenvalue weighted by atomic mass is 16.6. The molecule has 36 heavy (non-hydrogen) atoms. The van der Waals surface area contributed by atoms with Crippen LogP contribution >= 0.6 is 0 Å². The molecule has 192 valence electrons. The van der Waals surface area contributed by atoms with Gasteiger partial charge in [0.2, 0.25) is 5.75 Å². The summed E-state index contributed by atoms with van der Waals surface area (Å²) in [4.78, 5) is 12.1. The van der Waals surface area contributed by atoms with Crippen LogP contribution < -0.4 is 18.9 Å². The van der Waals surface area contributed by atoms with Crippen molar-refractivity contribution < 1.29 is 54.0 Å². The van der Waals surface area contributed by atoms with Crippen LogP contribution in [0.15, 0.2) is 42.5 Å². The van der Waals surface area contributed by atoms with E-state index in [1.165, 1.54) is 6.07 Å². The lowest BCUT2D eigenvalue weighted by Gasteiger charge is -2.26. The van der Waals surface area contributed by atoms with Crippen LogP contribution in [-0.4, -0.2) is 65.5 Å². The number of aromatic hydroxyl groups is 5. The van der Waals surface area contributed by atoms with Gasteiger partial charge in [-0.15, -0.1) is 0 Å². The Morgan fingerprint density at radius 2 is 1.47 bits per heavy atom. The van der Waals surface area contributed by atoms with E-state index in [4.69, 9.17) is 23.7 Å². The Kier molecular flexibility index (Phi) is 8.05. The first kappa shape index (κ1) is 25.9. The van der Waals surface area contributed by atoms with Crippen molar-refractivity contribution >= 4 is 5.97 Å². The standard InChI is InChI=1S/C16H14O8.C9H12O3/c17-8-3-11(18)10-5-9(6-23-14(10)4-8)24-16(22)7-1-12(19)15(21)13(20)2-7;1-10-7-5-4-6-8(11-2)9(7)12-3/h1-4,9,17-21H,5-6H2;4-6H,1-3H3. The fourth-order valence-corrected chi connectivity index (χ4v) is 3.46. The Balaban J connectivity index is 0.000000253. The number of phenolic OH excluding ortho intramolecular Hbond substituents is 5. The summed E-state index contributed by atoms with van der Waals surface area (Å²) in [6.07, 6.45) is -0.540. The number of esters is 1. The molecule has 0 fully saturated rings. The number of carbonyl (C=O) groups excluding carboxylic acids is 1. The van der Waals surface area contributed by atoms with Crippen molar-refractivity contribution in [3.05, 3.63) is 53.6 Å². The van der Waals surface area contributed by atoms with E-state index in [-0.39, 0.29) is 30.1 Å². The normalized spacial score (nSPS) is 13.8. The van der Waals surface area contributed by atoms with Crippen LogP contribution in [0.5, 0.6) is 51.7 Å². The summed E-state index contributed by atoms with van der Waals surface area (Å²) in [5.74, 6) is -0.902. The third-order valence-electron chi connectivity index (χ3n) is 5.19. The molecule has 5 N–H and O–H groups in total. The summed E-state index contributed by atoms with van der Waals surface area (Å²) in [6.45, 7) is 0.0116. The molecule has 0 saturated heterocycles.